The van der Waals surface area contributed by atoms with E-state index in [0.29, 0.717) is 12.8 Å². The second-order valence-electron chi connectivity index (χ2n) is 4.42. The summed E-state index contributed by atoms with van der Waals surface area (Å²) >= 11 is 0. The summed E-state index contributed by atoms with van der Waals surface area (Å²) in [5.74, 6) is 1.29. The second kappa shape index (κ2) is 8.43. The molecule has 0 heterocycles. The number of hydrogen-bond acceptors (Lipinski definition) is 5. The zero-order valence-electron chi connectivity index (χ0n) is 12.6. The number of rotatable bonds is 8. The van der Waals surface area contributed by atoms with Crippen molar-refractivity contribution in [2.45, 2.75) is 25.8 Å². The summed E-state index contributed by atoms with van der Waals surface area (Å²) in [7, 11) is 4.65. The average molecular weight is 281 g/mol. The number of likely N-dealkylation sites (N-methyl/N-ethyl adjacent to an activating group) is 1. The largest absolute Gasteiger partial charge is 0.497 e. The van der Waals surface area contributed by atoms with Gasteiger partial charge in [-0.1, -0.05) is 13.0 Å². The van der Waals surface area contributed by atoms with Crippen molar-refractivity contribution in [3.8, 4) is 11.5 Å². The van der Waals surface area contributed by atoms with E-state index in [1.54, 1.807) is 14.2 Å². The van der Waals surface area contributed by atoms with Gasteiger partial charge in [0.05, 0.1) is 27.8 Å². The van der Waals surface area contributed by atoms with Crippen molar-refractivity contribution in [2.24, 2.45) is 0 Å². The van der Waals surface area contributed by atoms with Gasteiger partial charge in [-0.15, -0.1) is 0 Å². The van der Waals surface area contributed by atoms with E-state index in [-0.39, 0.29) is 12.0 Å². The molecule has 1 rings (SSSR count). The molecule has 1 N–H and O–H groups in total. The zero-order valence-corrected chi connectivity index (χ0v) is 12.6. The number of esters is 1. The Bertz CT molecular complexity index is 434. The molecular weight excluding hydrogens is 258 g/mol. The fraction of sp³-hybridized carbons (Fsp3) is 0.533. The van der Waals surface area contributed by atoms with Crippen LogP contribution in [0.25, 0.3) is 0 Å². The van der Waals surface area contributed by atoms with E-state index in [1.165, 1.54) is 7.11 Å². The highest BCUT2D eigenvalue weighted by molar-refractivity contribution is 5.70. The van der Waals surface area contributed by atoms with Gasteiger partial charge in [-0.05, 0) is 24.6 Å². The Morgan fingerprint density at radius 1 is 1.25 bits per heavy atom. The van der Waals surface area contributed by atoms with E-state index in [0.717, 1.165) is 23.6 Å². The van der Waals surface area contributed by atoms with Crippen LogP contribution in [-0.4, -0.2) is 39.9 Å². The molecule has 0 aromatic heterocycles. The first-order valence-electron chi connectivity index (χ1n) is 6.65. The van der Waals surface area contributed by atoms with Crippen LogP contribution in [0, 0.1) is 0 Å². The fourth-order valence-corrected chi connectivity index (χ4v) is 2.08. The highest BCUT2D eigenvalue weighted by atomic mass is 16.5. The molecule has 20 heavy (non-hydrogen) atoms. The van der Waals surface area contributed by atoms with Crippen LogP contribution >= 0.6 is 0 Å². The third-order valence-corrected chi connectivity index (χ3v) is 3.09. The van der Waals surface area contributed by atoms with Gasteiger partial charge in [0.25, 0.3) is 0 Å². The van der Waals surface area contributed by atoms with E-state index in [2.05, 4.69) is 5.32 Å². The minimum atomic E-state index is -0.219. The lowest BCUT2D eigenvalue weighted by Gasteiger charge is -2.18. The van der Waals surface area contributed by atoms with E-state index in [9.17, 15) is 4.79 Å². The monoisotopic (exact) mass is 281 g/mol. The number of nitrogens with one attached hydrogen (secondary N) is 1. The number of carbonyl (C=O) groups excluding carboxylic acids is 1. The van der Waals surface area contributed by atoms with E-state index < -0.39 is 0 Å². The van der Waals surface area contributed by atoms with E-state index in [4.69, 9.17) is 14.2 Å². The molecule has 0 spiro atoms. The van der Waals surface area contributed by atoms with E-state index in [1.807, 2.05) is 25.1 Å². The minimum Gasteiger partial charge on any atom is -0.497 e. The second-order valence-corrected chi connectivity index (χ2v) is 4.42. The fourth-order valence-electron chi connectivity index (χ4n) is 2.08. The Kier molecular flexibility index (Phi) is 6.87. The minimum absolute atomic E-state index is 0.0229. The van der Waals surface area contributed by atoms with Crippen LogP contribution in [0.15, 0.2) is 18.2 Å². The van der Waals surface area contributed by atoms with Crippen molar-refractivity contribution in [3.05, 3.63) is 23.8 Å². The molecule has 0 aliphatic heterocycles. The normalized spacial score (nSPS) is 11.8. The van der Waals surface area contributed by atoms with Crippen molar-refractivity contribution in [3.63, 3.8) is 0 Å². The third kappa shape index (κ3) is 4.74. The highest BCUT2D eigenvalue weighted by Crippen LogP contribution is 2.26. The Balaban J connectivity index is 2.84. The van der Waals surface area contributed by atoms with Crippen LogP contribution in [-0.2, 0) is 16.0 Å². The van der Waals surface area contributed by atoms with Crippen LogP contribution < -0.4 is 14.8 Å². The molecule has 0 aliphatic carbocycles. The van der Waals surface area contributed by atoms with Gasteiger partial charge in [0.2, 0.25) is 0 Å². The molecule has 0 radical (unpaired) electrons. The lowest BCUT2D eigenvalue weighted by Crippen LogP contribution is -2.33. The van der Waals surface area contributed by atoms with Gasteiger partial charge in [0, 0.05) is 12.1 Å². The Labute approximate surface area is 120 Å². The van der Waals surface area contributed by atoms with Gasteiger partial charge in [-0.2, -0.15) is 0 Å². The van der Waals surface area contributed by atoms with Gasteiger partial charge in [-0.25, -0.2) is 0 Å². The van der Waals surface area contributed by atoms with Crippen LogP contribution in [0.3, 0.4) is 0 Å². The lowest BCUT2D eigenvalue weighted by molar-refractivity contribution is -0.141. The quantitative estimate of drug-likeness (QED) is 0.736. The van der Waals surface area contributed by atoms with Gasteiger partial charge in [-0.3, -0.25) is 4.79 Å². The van der Waals surface area contributed by atoms with E-state index >= 15 is 0 Å². The zero-order chi connectivity index (χ0) is 15.0. The predicted molar refractivity (Wildman–Crippen MR) is 77.3 cm³/mol. The van der Waals surface area contributed by atoms with Crippen LogP contribution in [0.1, 0.15) is 18.9 Å². The maximum absolute atomic E-state index is 11.4. The Hall–Kier alpha value is -1.75. The average Bonchev–Trinajstić information content (AvgIpc) is 2.47. The molecule has 0 fully saturated rings. The van der Waals surface area contributed by atoms with Crippen molar-refractivity contribution >= 4 is 5.97 Å². The summed E-state index contributed by atoms with van der Waals surface area (Å²) in [6.07, 6.45) is 1.02. The summed E-state index contributed by atoms with van der Waals surface area (Å²) in [5, 5.41) is 3.29. The summed E-state index contributed by atoms with van der Waals surface area (Å²) < 4.78 is 15.3. The molecular formula is C15H23NO4. The first-order chi connectivity index (χ1) is 9.64. The molecule has 112 valence electrons. The highest BCUT2D eigenvalue weighted by Gasteiger charge is 2.16. The molecule has 0 bridgehead atoms. The van der Waals surface area contributed by atoms with Gasteiger partial charge >= 0.3 is 5.97 Å². The first kappa shape index (κ1) is 16.3. The summed E-state index contributed by atoms with van der Waals surface area (Å²) in [5.41, 5.74) is 1.03. The number of benzene rings is 1. The molecule has 5 nitrogen and oxygen atoms in total. The Morgan fingerprint density at radius 2 is 2.00 bits per heavy atom. The molecule has 1 aromatic carbocycles. The van der Waals surface area contributed by atoms with Crippen LogP contribution in [0.2, 0.25) is 0 Å². The van der Waals surface area contributed by atoms with Gasteiger partial charge in [0.1, 0.15) is 11.5 Å². The SMILES string of the molecule is CCNC(CC(=O)OC)Cc1ccc(OC)cc1OC. The molecule has 0 amide bonds. The third-order valence-electron chi connectivity index (χ3n) is 3.09. The summed E-state index contributed by atoms with van der Waals surface area (Å²) in [4.78, 5) is 11.4. The van der Waals surface area contributed by atoms with Crippen molar-refractivity contribution in [2.75, 3.05) is 27.9 Å². The summed E-state index contributed by atoms with van der Waals surface area (Å²) in [6.45, 7) is 2.80. The smallest absolute Gasteiger partial charge is 0.307 e. The molecule has 1 atom stereocenters. The van der Waals surface area contributed by atoms with Gasteiger partial charge < -0.3 is 19.5 Å². The molecule has 1 unspecified atom stereocenters. The molecule has 0 aliphatic rings. The van der Waals surface area contributed by atoms with Crippen LogP contribution in [0.4, 0.5) is 0 Å². The molecule has 0 saturated heterocycles. The molecule has 1 aromatic rings. The van der Waals surface area contributed by atoms with Crippen molar-refractivity contribution < 1.29 is 19.0 Å². The first-order valence-corrected chi connectivity index (χ1v) is 6.65. The molecule has 0 saturated carbocycles. The number of carbonyl (C=O) groups is 1. The molecule has 5 heteroatoms. The summed E-state index contributed by atoms with van der Waals surface area (Å²) in [6, 6.07) is 5.71. The standard InChI is InChI=1S/C15H23NO4/c1-5-16-12(9-15(17)20-4)8-11-6-7-13(18-2)10-14(11)19-3/h6-7,10,12,16H,5,8-9H2,1-4H3. The topological polar surface area (TPSA) is 56.8 Å². The lowest BCUT2D eigenvalue weighted by atomic mass is 10.0. The van der Waals surface area contributed by atoms with Gasteiger partial charge in [0.15, 0.2) is 0 Å². The van der Waals surface area contributed by atoms with Crippen molar-refractivity contribution in [1.82, 2.24) is 5.32 Å². The number of methoxy groups -OCH3 is 3. The number of hydrogen-bond donors (Lipinski definition) is 1. The maximum atomic E-state index is 11.4. The van der Waals surface area contributed by atoms with Crippen LogP contribution in [0.5, 0.6) is 11.5 Å². The maximum Gasteiger partial charge on any atom is 0.307 e. The predicted octanol–water partition coefficient (Wildman–Crippen LogP) is 1.79. The van der Waals surface area contributed by atoms with Crippen molar-refractivity contribution in [1.29, 1.82) is 0 Å². The Morgan fingerprint density at radius 3 is 2.55 bits per heavy atom. The number of ether oxygens (including phenoxy) is 3.